The first-order valence-electron chi connectivity index (χ1n) is 11.5. The van der Waals surface area contributed by atoms with Gasteiger partial charge in [-0.1, -0.05) is 35.9 Å². The summed E-state index contributed by atoms with van der Waals surface area (Å²) in [4.78, 5) is 39.6. The fraction of sp³-hybridized carbons (Fsp3) is 0.179. The van der Waals surface area contributed by atoms with Crippen LogP contribution in [0.1, 0.15) is 27.0 Å². The van der Waals surface area contributed by atoms with Gasteiger partial charge in [0.05, 0.1) is 32.7 Å². The van der Waals surface area contributed by atoms with Crippen LogP contribution in [0.5, 0.6) is 17.2 Å². The molecule has 1 heterocycles. The van der Waals surface area contributed by atoms with Gasteiger partial charge >= 0.3 is 5.97 Å². The number of amides is 2. The minimum atomic E-state index is -0.622. The summed E-state index contributed by atoms with van der Waals surface area (Å²) in [6.45, 7) is 4.23. The summed E-state index contributed by atoms with van der Waals surface area (Å²) in [6.07, 6.45) is 1.61. The molecule has 1 aliphatic heterocycles. The molecule has 2 amide bonds. The normalized spacial score (nSPS) is 14.2. The molecule has 1 saturated heterocycles. The van der Waals surface area contributed by atoms with Crippen molar-refractivity contribution in [1.29, 1.82) is 0 Å². The second-order valence-corrected chi connectivity index (χ2v) is 10.9. The quantitative estimate of drug-likeness (QED) is 0.112. The van der Waals surface area contributed by atoms with E-state index in [9.17, 15) is 14.4 Å². The average Bonchev–Trinajstić information content (AvgIpc) is 3.14. The molecule has 3 aromatic rings. The summed E-state index contributed by atoms with van der Waals surface area (Å²) in [5, 5.41) is -0.0870. The number of rotatable bonds is 8. The van der Waals surface area contributed by atoms with E-state index in [1.165, 1.54) is 12.0 Å². The van der Waals surface area contributed by atoms with Crippen LogP contribution in [0.15, 0.2) is 59.5 Å². The van der Waals surface area contributed by atoms with Gasteiger partial charge in [-0.05, 0) is 101 Å². The molecule has 0 unspecified atom stereocenters. The highest BCUT2D eigenvalue weighted by Gasteiger charge is 2.35. The number of halogens is 2. The summed E-state index contributed by atoms with van der Waals surface area (Å²) in [7, 11) is 1.45. The van der Waals surface area contributed by atoms with Crippen LogP contribution in [-0.4, -0.2) is 42.3 Å². The SMILES string of the molecule is COc1cc(/C=C2\SC(=O)N(CCOc3cc(C)ccc3C)C2=O)cc(I)c1OC(=O)c1ccccc1Cl. The van der Waals surface area contributed by atoms with Crippen LogP contribution in [0, 0.1) is 17.4 Å². The number of benzene rings is 3. The Morgan fingerprint density at radius 1 is 1.08 bits per heavy atom. The lowest BCUT2D eigenvalue weighted by Crippen LogP contribution is -2.32. The van der Waals surface area contributed by atoms with Crippen molar-refractivity contribution in [3.63, 3.8) is 0 Å². The van der Waals surface area contributed by atoms with Crippen LogP contribution in [0.2, 0.25) is 5.02 Å². The maximum atomic E-state index is 13.0. The van der Waals surface area contributed by atoms with Crippen molar-refractivity contribution in [1.82, 2.24) is 4.90 Å². The van der Waals surface area contributed by atoms with Crippen molar-refractivity contribution in [2.24, 2.45) is 0 Å². The largest absolute Gasteiger partial charge is 0.493 e. The van der Waals surface area contributed by atoms with E-state index < -0.39 is 11.9 Å². The zero-order valence-corrected chi connectivity index (χ0v) is 24.5. The van der Waals surface area contributed by atoms with E-state index in [0.717, 1.165) is 28.6 Å². The van der Waals surface area contributed by atoms with Gasteiger partial charge in [0.15, 0.2) is 11.5 Å². The van der Waals surface area contributed by atoms with Crippen LogP contribution in [0.25, 0.3) is 6.08 Å². The number of hydrogen-bond acceptors (Lipinski definition) is 7. The molecule has 0 saturated carbocycles. The van der Waals surface area contributed by atoms with Gasteiger partial charge in [-0.25, -0.2) is 4.79 Å². The first kappa shape index (κ1) is 28.0. The molecule has 38 heavy (non-hydrogen) atoms. The topological polar surface area (TPSA) is 82.1 Å². The Hall–Kier alpha value is -3.02. The number of hydrogen-bond donors (Lipinski definition) is 0. The number of thioether (sulfide) groups is 1. The van der Waals surface area contributed by atoms with Crippen molar-refractivity contribution < 1.29 is 28.6 Å². The molecule has 0 bridgehead atoms. The van der Waals surface area contributed by atoms with Crippen LogP contribution in [-0.2, 0) is 4.79 Å². The molecule has 3 aromatic carbocycles. The summed E-state index contributed by atoms with van der Waals surface area (Å²) >= 11 is 9.00. The number of ether oxygens (including phenoxy) is 3. The molecule has 10 heteroatoms. The van der Waals surface area contributed by atoms with Gasteiger partial charge in [-0.15, -0.1) is 0 Å². The predicted molar refractivity (Wildman–Crippen MR) is 156 cm³/mol. The smallest absolute Gasteiger partial charge is 0.345 e. The number of methoxy groups -OCH3 is 1. The molecule has 0 atom stereocenters. The van der Waals surface area contributed by atoms with Crippen LogP contribution >= 0.6 is 46.0 Å². The molecule has 1 fully saturated rings. The molecule has 1 aliphatic rings. The Labute approximate surface area is 243 Å². The molecular formula is C28H23ClINO6S. The molecule has 0 aliphatic carbocycles. The molecule has 0 spiro atoms. The second kappa shape index (κ2) is 12.2. The third-order valence-corrected chi connectivity index (χ3v) is 7.67. The van der Waals surface area contributed by atoms with Crippen molar-refractivity contribution >= 4 is 69.1 Å². The van der Waals surface area contributed by atoms with Gasteiger partial charge in [-0.3, -0.25) is 14.5 Å². The van der Waals surface area contributed by atoms with Gasteiger partial charge in [-0.2, -0.15) is 0 Å². The fourth-order valence-electron chi connectivity index (χ4n) is 3.65. The lowest BCUT2D eigenvalue weighted by Gasteiger charge is -2.15. The second-order valence-electron chi connectivity index (χ2n) is 8.35. The van der Waals surface area contributed by atoms with Gasteiger partial charge in [0.25, 0.3) is 11.1 Å². The number of imide groups is 1. The Morgan fingerprint density at radius 3 is 2.58 bits per heavy atom. The Kier molecular flexibility index (Phi) is 9.01. The number of esters is 1. The van der Waals surface area contributed by atoms with E-state index in [0.29, 0.717) is 14.9 Å². The summed E-state index contributed by atoms with van der Waals surface area (Å²) in [5.41, 5.74) is 2.89. The standard InChI is InChI=1S/C28H23ClINO6S/c1-16-8-9-17(2)22(12-16)36-11-10-31-26(32)24(38-28(31)34)15-18-13-21(30)25(23(14-18)35-3)37-27(33)19-6-4-5-7-20(19)29/h4-9,12-15H,10-11H2,1-3H3/b24-15-. The summed E-state index contributed by atoms with van der Waals surface area (Å²) < 4.78 is 17.4. The van der Waals surface area contributed by atoms with Crippen LogP contribution in [0.3, 0.4) is 0 Å². The first-order chi connectivity index (χ1) is 18.2. The van der Waals surface area contributed by atoms with Gasteiger partial charge in [0.2, 0.25) is 0 Å². The van der Waals surface area contributed by atoms with Gasteiger partial charge in [0.1, 0.15) is 12.4 Å². The Balaban J connectivity index is 1.48. The zero-order chi connectivity index (χ0) is 27.4. The number of aryl methyl sites for hydroxylation is 2. The predicted octanol–water partition coefficient (Wildman–Crippen LogP) is 6.90. The van der Waals surface area contributed by atoms with Crippen LogP contribution < -0.4 is 14.2 Å². The summed E-state index contributed by atoms with van der Waals surface area (Å²) in [5.74, 6) is 0.234. The minimum absolute atomic E-state index is 0.132. The molecule has 4 rings (SSSR count). The van der Waals surface area contributed by atoms with E-state index in [1.807, 2.05) is 54.6 Å². The molecule has 0 radical (unpaired) electrons. The lowest BCUT2D eigenvalue weighted by molar-refractivity contribution is -0.123. The van der Waals surface area contributed by atoms with E-state index in [2.05, 4.69) is 0 Å². The number of carbonyl (C=O) groups is 3. The van der Waals surface area contributed by atoms with E-state index in [4.69, 9.17) is 25.8 Å². The van der Waals surface area contributed by atoms with Crippen molar-refractivity contribution in [3.05, 3.63) is 90.3 Å². The van der Waals surface area contributed by atoms with E-state index in [1.54, 1.807) is 42.5 Å². The monoisotopic (exact) mass is 663 g/mol. The van der Waals surface area contributed by atoms with Crippen molar-refractivity contribution in [2.45, 2.75) is 13.8 Å². The highest BCUT2D eigenvalue weighted by atomic mass is 127. The van der Waals surface area contributed by atoms with Gasteiger partial charge in [0, 0.05) is 0 Å². The summed E-state index contributed by atoms with van der Waals surface area (Å²) in [6, 6.07) is 15.8. The molecule has 7 nitrogen and oxygen atoms in total. The van der Waals surface area contributed by atoms with Crippen LogP contribution in [0.4, 0.5) is 4.79 Å². The molecule has 0 aromatic heterocycles. The maximum Gasteiger partial charge on any atom is 0.345 e. The Morgan fingerprint density at radius 2 is 1.84 bits per heavy atom. The first-order valence-corrected chi connectivity index (χ1v) is 13.7. The average molecular weight is 664 g/mol. The van der Waals surface area contributed by atoms with Crippen molar-refractivity contribution in [2.75, 3.05) is 20.3 Å². The van der Waals surface area contributed by atoms with Crippen molar-refractivity contribution in [3.8, 4) is 17.2 Å². The highest BCUT2D eigenvalue weighted by molar-refractivity contribution is 14.1. The maximum absolute atomic E-state index is 13.0. The Bertz CT molecular complexity index is 1460. The van der Waals surface area contributed by atoms with Gasteiger partial charge < -0.3 is 14.2 Å². The third kappa shape index (κ3) is 6.33. The minimum Gasteiger partial charge on any atom is -0.493 e. The molecular weight excluding hydrogens is 641 g/mol. The number of carbonyl (C=O) groups excluding carboxylic acids is 3. The lowest BCUT2D eigenvalue weighted by atomic mass is 10.1. The fourth-order valence-corrected chi connectivity index (χ4v) is 5.46. The van der Waals surface area contributed by atoms with E-state index >= 15 is 0 Å². The number of nitrogens with zero attached hydrogens (tertiary/aromatic N) is 1. The third-order valence-electron chi connectivity index (χ3n) is 5.63. The zero-order valence-electron chi connectivity index (χ0n) is 20.7. The highest BCUT2D eigenvalue weighted by Crippen LogP contribution is 2.38. The van der Waals surface area contributed by atoms with E-state index in [-0.39, 0.29) is 39.6 Å². The molecule has 0 N–H and O–H groups in total. The molecule has 196 valence electrons.